The van der Waals surface area contributed by atoms with E-state index in [-0.39, 0.29) is 0 Å². The van der Waals surface area contributed by atoms with Crippen LogP contribution in [-0.2, 0) is 17.9 Å². The second-order valence-electron chi connectivity index (χ2n) is 5.09. The lowest BCUT2D eigenvalue weighted by Crippen LogP contribution is -2.41. The van der Waals surface area contributed by atoms with Gasteiger partial charge in [-0.2, -0.15) is 0 Å². The second-order valence-corrected chi connectivity index (χ2v) is 5.09. The topological polar surface area (TPSA) is 50.5 Å². The number of nitrogens with one attached hydrogen (secondary N) is 1. The van der Waals surface area contributed by atoms with Gasteiger partial charge in [0.05, 0.1) is 17.9 Å². The molecule has 0 bridgehead atoms. The predicted octanol–water partition coefficient (Wildman–Crippen LogP) is 2.64. The van der Waals surface area contributed by atoms with E-state index in [0.717, 1.165) is 24.5 Å². The fourth-order valence-electron chi connectivity index (χ4n) is 2.53. The molecule has 1 unspecified atom stereocenters. The first kappa shape index (κ1) is 13.0. The first-order valence-electron chi connectivity index (χ1n) is 6.81. The molecule has 1 aromatic heterocycles. The Kier molecular flexibility index (Phi) is 3.60. The van der Waals surface area contributed by atoms with Gasteiger partial charge in [0, 0.05) is 25.8 Å². The fourth-order valence-corrected chi connectivity index (χ4v) is 2.53. The van der Waals surface area contributed by atoms with E-state index in [4.69, 9.17) is 9.26 Å². The summed E-state index contributed by atoms with van der Waals surface area (Å²) in [5.41, 5.74) is 3.31. The van der Waals surface area contributed by atoms with Crippen LogP contribution in [0.1, 0.15) is 18.4 Å². The molecule has 0 fully saturated rings. The van der Waals surface area contributed by atoms with E-state index in [2.05, 4.69) is 40.5 Å². The average molecular weight is 273 g/mol. The normalized spacial score (nSPS) is 17.7. The molecule has 0 radical (unpaired) electrons. The molecular weight excluding hydrogens is 254 g/mol. The SMILES string of the molecule is COCc1cc(CN2c3ccccc3NCC2C)no1. The van der Waals surface area contributed by atoms with E-state index in [1.54, 1.807) is 7.11 Å². The van der Waals surface area contributed by atoms with Crippen molar-refractivity contribution in [1.29, 1.82) is 0 Å². The minimum atomic E-state index is 0.410. The largest absolute Gasteiger partial charge is 0.381 e. The highest BCUT2D eigenvalue weighted by Gasteiger charge is 2.23. The van der Waals surface area contributed by atoms with E-state index in [9.17, 15) is 0 Å². The van der Waals surface area contributed by atoms with Gasteiger partial charge in [-0.05, 0) is 19.1 Å². The molecule has 5 heteroatoms. The zero-order valence-corrected chi connectivity index (χ0v) is 11.8. The second kappa shape index (κ2) is 5.54. The maximum atomic E-state index is 5.25. The molecule has 5 nitrogen and oxygen atoms in total. The van der Waals surface area contributed by atoms with Crippen LogP contribution in [0.2, 0.25) is 0 Å². The first-order valence-corrected chi connectivity index (χ1v) is 6.81. The zero-order chi connectivity index (χ0) is 13.9. The van der Waals surface area contributed by atoms with Gasteiger partial charge >= 0.3 is 0 Å². The van der Waals surface area contributed by atoms with Crippen LogP contribution >= 0.6 is 0 Å². The van der Waals surface area contributed by atoms with E-state index >= 15 is 0 Å². The Morgan fingerprint density at radius 3 is 3.15 bits per heavy atom. The highest BCUT2D eigenvalue weighted by atomic mass is 16.5. The Hall–Kier alpha value is -2.01. The summed E-state index contributed by atoms with van der Waals surface area (Å²) in [4.78, 5) is 2.35. The fraction of sp³-hybridized carbons (Fsp3) is 0.400. The van der Waals surface area contributed by atoms with Crippen LogP contribution in [0.4, 0.5) is 11.4 Å². The minimum absolute atomic E-state index is 0.410. The summed E-state index contributed by atoms with van der Waals surface area (Å²) in [5.74, 6) is 0.763. The zero-order valence-electron chi connectivity index (χ0n) is 11.8. The lowest BCUT2D eigenvalue weighted by molar-refractivity contribution is 0.155. The maximum absolute atomic E-state index is 5.25. The van der Waals surface area contributed by atoms with Crippen LogP contribution in [0.15, 0.2) is 34.9 Å². The third-order valence-electron chi connectivity index (χ3n) is 3.56. The molecule has 0 amide bonds. The molecule has 1 atom stereocenters. The molecule has 2 heterocycles. The standard InChI is InChI=1S/C15H19N3O2/c1-11-8-16-14-5-3-4-6-15(14)18(11)9-12-7-13(10-19-2)20-17-12/h3-7,11,16H,8-10H2,1-2H3. The van der Waals surface area contributed by atoms with Crippen molar-refractivity contribution >= 4 is 11.4 Å². The lowest BCUT2D eigenvalue weighted by Gasteiger charge is -2.37. The average Bonchev–Trinajstić information content (AvgIpc) is 2.90. The van der Waals surface area contributed by atoms with Crippen molar-refractivity contribution in [3.63, 3.8) is 0 Å². The monoisotopic (exact) mass is 273 g/mol. The van der Waals surface area contributed by atoms with Gasteiger partial charge in [-0.1, -0.05) is 17.3 Å². The number of benzene rings is 1. The molecule has 1 aliphatic rings. The van der Waals surface area contributed by atoms with Crippen molar-refractivity contribution in [2.75, 3.05) is 23.9 Å². The smallest absolute Gasteiger partial charge is 0.162 e. The maximum Gasteiger partial charge on any atom is 0.162 e. The molecule has 3 rings (SSSR count). The van der Waals surface area contributed by atoms with Gasteiger partial charge in [0.2, 0.25) is 0 Å². The molecule has 2 aromatic rings. The van der Waals surface area contributed by atoms with E-state index in [1.807, 2.05) is 12.1 Å². The predicted molar refractivity (Wildman–Crippen MR) is 77.8 cm³/mol. The number of anilines is 2. The van der Waals surface area contributed by atoms with E-state index in [0.29, 0.717) is 12.6 Å². The van der Waals surface area contributed by atoms with Gasteiger partial charge in [0.15, 0.2) is 5.76 Å². The molecule has 1 aliphatic heterocycles. The Morgan fingerprint density at radius 1 is 1.45 bits per heavy atom. The Balaban J connectivity index is 1.82. The number of para-hydroxylation sites is 2. The molecule has 0 spiro atoms. The van der Waals surface area contributed by atoms with Crippen molar-refractivity contribution in [1.82, 2.24) is 5.16 Å². The highest BCUT2D eigenvalue weighted by molar-refractivity contribution is 5.72. The number of nitrogens with zero attached hydrogens (tertiary/aromatic N) is 2. The van der Waals surface area contributed by atoms with E-state index in [1.165, 1.54) is 11.4 Å². The molecule has 0 aliphatic carbocycles. The number of ether oxygens (including phenoxy) is 1. The van der Waals surface area contributed by atoms with Crippen molar-refractivity contribution in [2.45, 2.75) is 26.1 Å². The van der Waals surface area contributed by atoms with Crippen LogP contribution in [0.3, 0.4) is 0 Å². The van der Waals surface area contributed by atoms with E-state index < -0.39 is 0 Å². The third kappa shape index (κ3) is 2.49. The molecule has 1 aromatic carbocycles. The van der Waals surface area contributed by atoms with Crippen LogP contribution < -0.4 is 10.2 Å². The van der Waals surface area contributed by atoms with Gasteiger partial charge in [-0.3, -0.25) is 0 Å². The number of rotatable bonds is 4. The van der Waals surface area contributed by atoms with Crippen LogP contribution in [0.25, 0.3) is 0 Å². The number of hydrogen-bond donors (Lipinski definition) is 1. The van der Waals surface area contributed by atoms with Crippen LogP contribution in [0, 0.1) is 0 Å². The number of aromatic nitrogens is 1. The molecule has 106 valence electrons. The van der Waals surface area contributed by atoms with Crippen molar-refractivity contribution in [3.05, 3.63) is 41.8 Å². The van der Waals surface area contributed by atoms with Gasteiger partial charge in [0.25, 0.3) is 0 Å². The van der Waals surface area contributed by atoms with Gasteiger partial charge in [-0.15, -0.1) is 0 Å². The molecule has 0 saturated heterocycles. The summed E-state index contributed by atoms with van der Waals surface area (Å²) < 4.78 is 10.3. The Bertz CT molecular complexity index is 582. The summed E-state index contributed by atoms with van der Waals surface area (Å²) in [6.45, 7) is 4.34. The Labute approximate surface area is 118 Å². The third-order valence-corrected chi connectivity index (χ3v) is 3.56. The van der Waals surface area contributed by atoms with Crippen LogP contribution in [-0.4, -0.2) is 24.9 Å². The number of fused-ring (bicyclic) bond motifs is 1. The molecule has 20 heavy (non-hydrogen) atoms. The number of hydrogen-bond acceptors (Lipinski definition) is 5. The summed E-state index contributed by atoms with van der Waals surface area (Å²) in [5, 5.41) is 7.57. The Morgan fingerprint density at radius 2 is 2.30 bits per heavy atom. The highest BCUT2D eigenvalue weighted by Crippen LogP contribution is 2.32. The summed E-state index contributed by atoms with van der Waals surface area (Å²) >= 11 is 0. The van der Waals surface area contributed by atoms with Gasteiger partial charge in [0.1, 0.15) is 12.3 Å². The summed E-state index contributed by atoms with van der Waals surface area (Å²) in [7, 11) is 1.65. The minimum Gasteiger partial charge on any atom is -0.381 e. The van der Waals surface area contributed by atoms with Crippen molar-refractivity contribution in [2.24, 2.45) is 0 Å². The van der Waals surface area contributed by atoms with Crippen LogP contribution in [0.5, 0.6) is 0 Å². The summed E-state index contributed by atoms with van der Waals surface area (Å²) in [6.07, 6.45) is 0. The summed E-state index contributed by atoms with van der Waals surface area (Å²) in [6, 6.07) is 10.7. The molecule has 0 saturated carbocycles. The quantitative estimate of drug-likeness (QED) is 0.928. The lowest BCUT2D eigenvalue weighted by atomic mass is 10.1. The molecular formula is C15H19N3O2. The van der Waals surface area contributed by atoms with Crippen molar-refractivity contribution < 1.29 is 9.26 Å². The molecule has 1 N–H and O–H groups in total. The van der Waals surface area contributed by atoms with Crippen molar-refractivity contribution in [3.8, 4) is 0 Å². The number of methoxy groups -OCH3 is 1. The van der Waals surface area contributed by atoms with Gasteiger partial charge in [-0.25, -0.2) is 0 Å². The first-order chi connectivity index (χ1) is 9.78. The van der Waals surface area contributed by atoms with Gasteiger partial charge < -0.3 is 19.5 Å².